The van der Waals surface area contributed by atoms with Gasteiger partial charge in [0.1, 0.15) is 10.8 Å². The van der Waals surface area contributed by atoms with Crippen molar-refractivity contribution in [3.05, 3.63) is 40.8 Å². The summed E-state index contributed by atoms with van der Waals surface area (Å²) in [5, 5.41) is 15.1. The molecule has 0 atom stereocenters. The molecule has 0 aliphatic rings. The normalized spacial score (nSPS) is 11.3. The summed E-state index contributed by atoms with van der Waals surface area (Å²) in [7, 11) is 0. The number of carbonyl (C=O) groups is 2. The van der Waals surface area contributed by atoms with E-state index in [9.17, 15) is 27.9 Å². The average Bonchev–Trinajstić information content (AvgIpc) is 3.18. The Morgan fingerprint density at radius 1 is 1.16 bits per heavy atom. The number of nitrogens with one attached hydrogen (secondary N) is 2. The number of thiazole rings is 1. The minimum Gasteiger partial charge on any atom is -0.477 e. The Kier molecular flexibility index (Phi) is 6.15. The van der Waals surface area contributed by atoms with Gasteiger partial charge in [-0.2, -0.15) is 13.2 Å². The van der Waals surface area contributed by atoms with Crippen LogP contribution in [0.1, 0.15) is 28.8 Å². The van der Waals surface area contributed by atoms with Crippen LogP contribution in [0.15, 0.2) is 23.7 Å². The van der Waals surface area contributed by atoms with E-state index in [1.165, 1.54) is 18.3 Å². The van der Waals surface area contributed by atoms with E-state index in [-0.39, 0.29) is 33.5 Å². The van der Waals surface area contributed by atoms with Crippen LogP contribution in [0.5, 0.6) is 0 Å². The highest BCUT2D eigenvalue weighted by molar-refractivity contribution is 7.13. The van der Waals surface area contributed by atoms with Crippen LogP contribution in [-0.4, -0.2) is 43.6 Å². The van der Waals surface area contributed by atoms with Crippen molar-refractivity contribution in [1.29, 1.82) is 0 Å². The third kappa shape index (κ3) is 5.12. The fraction of sp³-hybridized carbons (Fsp3) is 0.222. The SMILES string of the molecule is CCNC(=O)Nc1cc(-c2nc(C(F)(F)F)cs2)c(-c2nc(C)cc(C(=O)O)n2)cn1. The lowest BCUT2D eigenvalue weighted by atomic mass is 10.1. The summed E-state index contributed by atoms with van der Waals surface area (Å²) in [6, 6.07) is 2.04. The largest absolute Gasteiger partial charge is 0.477 e. The third-order valence-electron chi connectivity index (χ3n) is 3.82. The predicted octanol–water partition coefficient (Wildman–Crippen LogP) is 3.83. The second-order valence-electron chi connectivity index (χ2n) is 6.16. The van der Waals surface area contributed by atoms with Gasteiger partial charge in [-0.25, -0.2) is 29.5 Å². The van der Waals surface area contributed by atoms with Gasteiger partial charge >= 0.3 is 18.2 Å². The molecule has 9 nitrogen and oxygen atoms in total. The molecule has 0 saturated carbocycles. The zero-order valence-corrected chi connectivity index (χ0v) is 16.9. The summed E-state index contributed by atoms with van der Waals surface area (Å²) in [6.45, 7) is 3.62. The lowest BCUT2D eigenvalue weighted by Gasteiger charge is -2.11. The van der Waals surface area contributed by atoms with Gasteiger partial charge in [0.05, 0.1) is 0 Å². The molecule has 0 spiro atoms. The second-order valence-corrected chi connectivity index (χ2v) is 7.02. The number of aromatic nitrogens is 4. The number of urea groups is 1. The number of alkyl halides is 3. The molecule has 31 heavy (non-hydrogen) atoms. The molecule has 0 unspecified atom stereocenters. The predicted molar refractivity (Wildman–Crippen MR) is 106 cm³/mol. The van der Waals surface area contributed by atoms with Crippen LogP contribution in [0.4, 0.5) is 23.8 Å². The van der Waals surface area contributed by atoms with E-state index in [4.69, 9.17) is 0 Å². The van der Waals surface area contributed by atoms with E-state index in [2.05, 4.69) is 30.6 Å². The van der Waals surface area contributed by atoms with Gasteiger partial charge in [-0.05, 0) is 26.0 Å². The molecule has 0 aliphatic carbocycles. The minimum absolute atomic E-state index is 0.0225. The van der Waals surface area contributed by atoms with Crippen LogP contribution in [0.25, 0.3) is 22.0 Å². The Hall–Kier alpha value is -3.61. The minimum atomic E-state index is -4.64. The molecule has 162 valence electrons. The van der Waals surface area contributed by atoms with Crippen molar-refractivity contribution < 1.29 is 27.9 Å². The van der Waals surface area contributed by atoms with Crippen molar-refractivity contribution in [2.75, 3.05) is 11.9 Å². The molecule has 2 amide bonds. The Morgan fingerprint density at radius 3 is 2.52 bits per heavy atom. The quantitative estimate of drug-likeness (QED) is 0.536. The third-order valence-corrected chi connectivity index (χ3v) is 4.70. The zero-order chi connectivity index (χ0) is 22.8. The first kappa shape index (κ1) is 22.1. The van der Waals surface area contributed by atoms with Crippen molar-refractivity contribution in [3.8, 4) is 22.0 Å². The number of carboxylic acid groups (broad SMARTS) is 1. The fourth-order valence-corrected chi connectivity index (χ4v) is 3.38. The number of pyridine rings is 1. The summed E-state index contributed by atoms with van der Waals surface area (Å²) in [6.07, 6.45) is -3.40. The number of nitrogens with zero attached hydrogens (tertiary/aromatic N) is 4. The summed E-state index contributed by atoms with van der Waals surface area (Å²) >= 11 is 0.732. The summed E-state index contributed by atoms with van der Waals surface area (Å²) in [5.41, 5.74) is -0.703. The van der Waals surface area contributed by atoms with Crippen LogP contribution < -0.4 is 10.6 Å². The summed E-state index contributed by atoms with van der Waals surface area (Å²) < 4.78 is 39.1. The molecule has 3 heterocycles. The lowest BCUT2D eigenvalue weighted by molar-refractivity contribution is -0.140. The molecule has 0 radical (unpaired) electrons. The number of hydrogen-bond acceptors (Lipinski definition) is 7. The van der Waals surface area contributed by atoms with E-state index < -0.39 is 23.9 Å². The average molecular weight is 452 g/mol. The van der Waals surface area contributed by atoms with Crippen molar-refractivity contribution >= 4 is 29.2 Å². The van der Waals surface area contributed by atoms with Crippen LogP contribution in [0, 0.1) is 6.92 Å². The number of amides is 2. The number of rotatable bonds is 5. The molecular weight excluding hydrogens is 437 g/mol. The van der Waals surface area contributed by atoms with Gasteiger partial charge in [0.25, 0.3) is 0 Å². The lowest BCUT2D eigenvalue weighted by Crippen LogP contribution is -2.28. The first-order chi connectivity index (χ1) is 14.6. The van der Waals surface area contributed by atoms with E-state index in [0.717, 1.165) is 16.7 Å². The second kappa shape index (κ2) is 8.63. The first-order valence-electron chi connectivity index (χ1n) is 8.75. The highest BCUT2D eigenvalue weighted by atomic mass is 32.1. The van der Waals surface area contributed by atoms with Gasteiger partial charge in [-0.3, -0.25) is 5.32 Å². The van der Waals surface area contributed by atoms with Crippen molar-refractivity contribution in [2.24, 2.45) is 0 Å². The van der Waals surface area contributed by atoms with Crippen LogP contribution >= 0.6 is 11.3 Å². The van der Waals surface area contributed by atoms with Crippen molar-refractivity contribution in [2.45, 2.75) is 20.0 Å². The van der Waals surface area contributed by atoms with Crippen molar-refractivity contribution in [1.82, 2.24) is 25.3 Å². The molecule has 3 N–H and O–H groups in total. The maximum atomic E-state index is 13.0. The highest BCUT2D eigenvalue weighted by Gasteiger charge is 2.34. The molecule has 0 bridgehead atoms. The molecule has 0 aliphatic heterocycles. The molecular formula is C18H15F3N6O3S. The number of hydrogen-bond donors (Lipinski definition) is 3. The molecule has 13 heteroatoms. The van der Waals surface area contributed by atoms with E-state index in [1.807, 2.05) is 0 Å². The van der Waals surface area contributed by atoms with Gasteiger partial charge < -0.3 is 10.4 Å². The maximum Gasteiger partial charge on any atom is 0.434 e. The van der Waals surface area contributed by atoms with E-state index >= 15 is 0 Å². The molecule has 3 aromatic rings. The number of aryl methyl sites for hydroxylation is 1. The topological polar surface area (TPSA) is 130 Å². The molecule has 0 saturated heterocycles. The van der Waals surface area contributed by atoms with Gasteiger partial charge in [0.15, 0.2) is 17.2 Å². The Bertz CT molecular complexity index is 1150. The molecule has 3 aromatic heterocycles. The van der Waals surface area contributed by atoms with Crippen LogP contribution in [0.3, 0.4) is 0 Å². The monoisotopic (exact) mass is 452 g/mol. The molecule has 0 aromatic carbocycles. The van der Waals surface area contributed by atoms with E-state index in [1.54, 1.807) is 13.8 Å². The summed E-state index contributed by atoms with van der Waals surface area (Å²) in [4.78, 5) is 39.0. The number of anilines is 1. The Balaban J connectivity index is 2.16. The van der Waals surface area contributed by atoms with Gasteiger partial charge in [0.2, 0.25) is 0 Å². The molecule has 0 fully saturated rings. The number of carbonyl (C=O) groups excluding carboxylic acids is 1. The maximum absolute atomic E-state index is 13.0. The van der Waals surface area contributed by atoms with Gasteiger partial charge in [0, 0.05) is 34.9 Å². The first-order valence-corrected chi connectivity index (χ1v) is 9.63. The fourth-order valence-electron chi connectivity index (χ4n) is 2.53. The highest BCUT2D eigenvalue weighted by Crippen LogP contribution is 2.37. The van der Waals surface area contributed by atoms with Gasteiger partial charge in [-0.15, -0.1) is 11.3 Å². The summed E-state index contributed by atoms with van der Waals surface area (Å²) in [5.74, 6) is -1.28. The number of carboxylic acids is 1. The van der Waals surface area contributed by atoms with Gasteiger partial charge in [-0.1, -0.05) is 0 Å². The molecule has 3 rings (SSSR count). The standard InChI is InChI=1S/C18H15F3N6O3S/c1-3-22-17(30)27-13-5-9(15-26-12(7-31-15)18(19,20)21)10(6-23-13)14-24-8(2)4-11(25-14)16(28)29/h4-7H,3H2,1-2H3,(H,28,29)(H2,22,23,27,30). The zero-order valence-electron chi connectivity index (χ0n) is 16.1. The van der Waals surface area contributed by atoms with Crippen molar-refractivity contribution in [3.63, 3.8) is 0 Å². The Labute approximate surface area is 177 Å². The smallest absolute Gasteiger partial charge is 0.434 e. The number of aromatic carboxylic acids is 1. The van der Waals surface area contributed by atoms with Crippen LogP contribution in [0.2, 0.25) is 0 Å². The van der Waals surface area contributed by atoms with Crippen LogP contribution in [-0.2, 0) is 6.18 Å². The van der Waals surface area contributed by atoms with E-state index in [0.29, 0.717) is 12.2 Å². The Morgan fingerprint density at radius 2 is 1.90 bits per heavy atom. The number of halogens is 3.